The molecule has 0 aromatic heterocycles. The van der Waals surface area contributed by atoms with Crippen LogP contribution in [0.1, 0.15) is 4.28 Å². The Labute approximate surface area is 557 Å². The molecule has 2 radical (unpaired) electrons. The van der Waals surface area contributed by atoms with E-state index in [0.29, 0.717) is 0 Å². The molecule has 33 heavy (non-hydrogen) atoms. The van der Waals surface area contributed by atoms with E-state index in [9.17, 15) is 0 Å². The zero-order valence-corrected chi connectivity index (χ0v) is 57.3. The summed E-state index contributed by atoms with van der Waals surface area (Å²) in [6, 6.07) is 0. The van der Waals surface area contributed by atoms with Gasteiger partial charge in [0.05, 0.1) is 0 Å². The topological polar surface area (TPSA) is 544 Å². The van der Waals surface area contributed by atoms with Gasteiger partial charge in [-0.05, 0) is 0 Å². The first-order chi connectivity index (χ1) is 5.29. The molecule has 0 saturated carbocycles. The molecular weight excluding hydrogens is 1600 g/mol. The molecule has 0 saturated heterocycles. The molecule has 0 spiro atoms. The van der Waals surface area contributed by atoms with E-state index in [2.05, 4.69) is 0 Å². The maximum absolute atomic E-state index is 9.05. The van der Waals surface area contributed by atoms with Crippen LogP contribution >= 0.6 is 0 Å². The predicted molar refractivity (Wildman–Crippen MR) is 93.5 cm³/mol. The monoisotopic (exact) mass is 1630 g/mol. The molecule has 0 heterocycles. The van der Waals surface area contributed by atoms with E-state index >= 15 is 0 Å². The smallest absolute Gasteiger partial charge is 1.00 e. The molecule has 0 rings (SSSR count). The average molecular weight is 1620 g/mol. The number of rotatable bonds is 2. The van der Waals surface area contributed by atoms with Crippen LogP contribution in [-0.4, -0.2) is 531 Å². The SMILES string of the molecule is [Ba+2].[Ba+2].[Ba+2].[Ba+2].[Ba+2].[Ba+2].[Ba+2].[Ba+2].[Ba].[H-].[H-].[H-].[O-]C([O-])C([O-])[O-].[O-]C([O-])C([O-])[O-].[OH-].[OH-].[OH-].[OH-].[OH-].[OH-].[OH-].[OH-].[OH-].[OH-].[OH-].[OH-]. The summed E-state index contributed by atoms with van der Waals surface area (Å²) in [6.07, 6.45) is -11.0. The maximum atomic E-state index is 9.05. The third-order valence-electron chi connectivity index (χ3n) is 0.444. The van der Waals surface area contributed by atoms with Crippen molar-refractivity contribution in [3.63, 3.8) is 0 Å². The number of hydrogen-bond donors (Lipinski definition) is 0. The van der Waals surface area contributed by atoms with E-state index in [1.807, 2.05) is 0 Å². The Hall–Kier alpha value is 13.3. The molecule has 0 aromatic rings. The van der Waals surface area contributed by atoms with Gasteiger partial charge in [-0.25, -0.2) is 0 Å². The van der Waals surface area contributed by atoms with Crippen LogP contribution in [0.3, 0.4) is 0 Å². The van der Waals surface area contributed by atoms with Gasteiger partial charge in [0, 0.05) is 48.9 Å². The fourth-order valence-electron chi connectivity index (χ4n) is 0. The molecule has 0 aliphatic carbocycles. The van der Waals surface area contributed by atoms with Crippen molar-refractivity contribution in [1.82, 2.24) is 0 Å². The van der Waals surface area contributed by atoms with Gasteiger partial charge in [-0.15, -0.1) is 0 Å². The van der Waals surface area contributed by atoms with Crippen LogP contribution in [0.15, 0.2) is 0 Å². The summed E-state index contributed by atoms with van der Waals surface area (Å²) in [5.74, 6) is 0. The van der Waals surface area contributed by atoms with Crippen LogP contribution in [0.4, 0.5) is 0 Å². The first-order valence-electron chi connectivity index (χ1n) is 2.55. The van der Waals surface area contributed by atoms with Gasteiger partial charge in [0.15, 0.2) is 0 Å². The van der Waals surface area contributed by atoms with Crippen LogP contribution in [0.5, 0.6) is 0 Å². The minimum atomic E-state index is -2.76. The quantitative estimate of drug-likeness (QED) is 0.183. The van der Waals surface area contributed by atoms with Gasteiger partial charge >= 0.3 is 391 Å². The summed E-state index contributed by atoms with van der Waals surface area (Å²) in [5.41, 5.74) is 0. The molecule has 0 aliphatic rings. The molecule has 0 amide bonds. The van der Waals surface area contributed by atoms with Gasteiger partial charge < -0.3 is 111 Å². The Morgan fingerprint density at radius 3 is 0.273 bits per heavy atom. The van der Waals surface area contributed by atoms with Gasteiger partial charge in [0.1, 0.15) is 0 Å². The zero-order valence-electron chi connectivity index (χ0n) is 20.3. The van der Waals surface area contributed by atoms with Crippen molar-refractivity contribution in [3.8, 4) is 0 Å². The Morgan fingerprint density at radius 2 is 0.273 bits per heavy atom. The minimum Gasteiger partial charge on any atom is -1.00 e. The molecule has 12 N–H and O–H groups in total. The summed E-state index contributed by atoms with van der Waals surface area (Å²) in [6.45, 7) is 0. The molecule has 0 aromatic carbocycles. The van der Waals surface area contributed by atoms with E-state index in [0.717, 1.165) is 0 Å². The second-order valence-electron chi connectivity index (χ2n) is 1.47. The van der Waals surface area contributed by atoms with Gasteiger partial charge in [-0.2, -0.15) is 0 Å². The molecule has 29 heteroatoms. The number of hydrogen-bond acceptors (Lipinski definition) is 20. The van der Waals surface area contributed by atoms with Gasteiger partial charge in [-0.1, -0.05) is 0 Å². The van der Waals surface area contributed by atoms with Gasteiger partial charge in [0.2, 0.25) is 0 Å². The van der Waals surface area contributed by atoms with Crippen molar-refractivity contribution in [2.45, 2.75) is 25.2 Å². The van der Waals surface area contributed by atoms with E-state index in [1.54, 1.807) is 0 Å². The largest absolute Gasteiger partial charge is 2.00 e. The fourth-order valence-corrected chi connectivity index (χ4v) is 0. The first kappa shape index (κ1) is 175. The van der Waals surface area contributed by atoms with Crippen LogP contribution in [-0.2, 0) is 0 Å². The summed E-state index contributed by atoms with van der Waals surface area (Å²) >= 11 is 0. The Morgan fingerprint density at radius 1 is 0.242 bits per heavy atom. The minimum absolute atomic E-state index is 0. The molecule has 0 bridgehead atoms. The third kappa shape index (κ3) is 187. The molecule has 20 nitrogen and oxygen atoms in total. The molecule has 0 fully saturated rings. The molecule has 0 atom stereocenters. The summed E-state index contributed by atoms with van der Waals surface area (Å²) in [4.78, 5) is 0. The van der Waals surface area contributed by atoms with Crippen molar-refractivity contribution >= 4 is 440 Å². The Kier molecular flexibility index (Phi) is 736. The second kappa shape index (κ2) is 139. The Bertz CT molecular complexity index is 112. The van der Waals surface area contributed by atoms with Gasteiger partial charge in [-0.3, -0.25) is 25.2 Å². The normalized spacial score (nSPS) is 4.00. The zero-order chi connectivity index (χ0) is 10.3. The molecule has 0 aliphatic heterocycles. The van der Waals surface area contributed by atoms with Crippen LogP contribution in [0.2, 0.25) is 0 Å². The van der Waals surface area contributed by atoms with Gasteiger partial charge in [0.25, 0.3) is 0 Å². The van der Waals surface area contributed by atoms with Crippen LogP contribution < -0.4 is 40.9 Å². The van der Waals surface area contributed by atoms with Crippen LogP contribution in [0, 0.1) is 0 Å². The molecular formula is C4H19Ba9O20-7. The maximum Gasteiger partial charge on any atom is 2.00 e. The molecule has 0 unspecified atom stereocenters. The van der Waals surface area contributed by atoms with Crippen molar-refractivity contribution in [2.24, 2.45) is 0 Å². The summed E-state index contributed by atoms with van der Waals surface area (Å²) in [7, 11) is 0. The third-order valence-corrected chi connectivity index (χ3v) is 0.444. The van der Waals surface area contributed by atoms with Crippen molar-refractivity contribution < 1.29 is 111 Å². The Balaban J connectivity index is -0.00000000139. The van der Waals surface area contributed by atoms with Crippen molar-refractivity contribution in [2.75, 3.05) is 0 Å². The van der Waals surface area contributed by atoms with E-state index in [1.165, 1.54) is 0 Å². The summed E-state index contributed by atoms with van der Waals surface area (Å²) in [5, 5.41) is 72.4. The standard InChI is InChI=1S/2C2H2O4.9Ba.12H2O.3H/c2*3-1(4)2(5)6;;;;;;;;;;;;;;;;;;;;;;;;/h2*1-2H;;;;;;;;;;12*1H2;;;/q2*-4;;8*+2;;;;;;;;;;;;;3*-1/p-12. The predicted octanol–water partition coefficient (Wildman–Crippen LogP) is -15.1. The fraction of sp³-hybridized carbons (Fsp3) is 1.00. The second-order valence-corrected chi connectivity index (χ2v) is 1.47. The van der Waals surface area contributed by atoms with Crippen LogP contribution in [0.25, 0.3) is 0 Å². The van der Waals surface area contributed by atoms with E-state index < -0.39 is 25.2 Å². The van der Waals surface area contributed by atoms with Crippen molar-refractivity contribution in [3.05, 3.63) is 0 Å². The van der Waals surface area contributed by atoms with E-state index in [-0.39, 0.29) is 510 Å². The molecule has 180 valence electrons. The summed E-state index contributed by atoms with van der Waals surface area (Å²) < 4.78 is 0. The first-order valence-corrected chi connectivity index (χ1v) is 2.55. The van der Waals surface area contributed by atoms with Crippen molar-refractivity contribution in [1.29, 1.82) is 0 Å². The average Bonchev–Trinajstić information content (AvgIpc) is 1.88. The van der Waals surface area contributed by atoms with E-state index in [4.69, 9.17) is 40.9 Å².